The number of hydrogen-bond acceptors (Lipinski definition) is 8. The average Bonchev–Trinajstić information content (AvgIpc) is 3.52. The molecule has 0 saturated heterocycles. The maximum atomic E-state index is 13.2. The Morgan fingerprint density at radius 3 is 2.48 bits per heavy atom. The van der Waals surface area contributed by atoms with Crippen LogP contribution < -0.4 is 10.6 Å². The topological polar surface area (TPSA) is 84.0 Å². The first-order chi connectivity index (χ1) is 16.1. The molecule has 4 aromatic rings. The molecule has 2 amide bonds. The maximum absolute atomic E-state index is 13.2. The molecule has 0 radical (unpaired) electrons. The van der Waals surface area contributed by atoms with E-state index in [1.807, 2.05) is 73.0 Å². The summed E-state index contributed by atoms with van der Waals surface area (Å²) in [6.07, 6.45) is 0. The van der Waals surface area contributed by atoms with Gasteiger partial charge in [-0.25, -0.2) is 0 Å². The largest absolute Gasteiger partial charge is 0.321 e. The van der Waals surface area contributed by atoms with Crippen molar-refractivity contribution in [2.75, 3.05) is 16.4 Å². The molecular formula is C23H20N4O2S4. The molecule has 2 aromatic carbocycles. The molecular weight excluding hydrogens is 493 g/mol. The van der Waals surface area contributed by atoms with Crippen molar-refractivity contribution in [2.45, 2.75) is 22.2 Å². The fourth-order valence-electron chi connectivity index (χ4n) is 2.87. The second-order valence-electron chi connectivity index (χ2n) is 6.67. The first-order valence-electron chi connectivity index (χ1n) is 10.1. The van der Waals surface area contributed by atoms with Crippen LogP contribution in [0.5, 0.6) is 0 Å². The average molecular weight is 513 g/mol. The van der Waals surface area contributed by atoms with Crippen LogP contribution in [0.25, 0.3) is 0 Å². The van der Waals surface area contributed by atoms with Crippen molar-refractivity contribution < 1.29 is 9.59 Å². The minimum absolute atomic E-state index is 0.135. The molecule has 2 N–H and O–H groups in total. The van der Waals surface area contributed by atoms with Crippen LogP contribution in [0.2, 0.25) is 0 Å². The Labute approximate surface area is 208 Å². The van der Waals surface area contributed by atoms with Gasteiger partial charge in [-0.05, 0) is 47.0 Å². The molecule has 0 bridgehead atoms. The van der Waals surface area contributed by atoms with Crippen molar-refractivity contribution >= 4 is 69.0 Å². The smallest absolute Gasteiger partial charge is 0.265 e. The summed E-state index contributed by atoms with van der Waals surface area (Å²) in [6.45, 7) is 2.03. The molecule has 2 aromatic heterocycles. The van der Waals surface area contributed by atoms with Gasteiger partial charge in [-0.3, -0.25) is 14.9 Å². The fraction of sp³-hybridized carbons (Fsp3) is 0.130. The van der Waals surface area contributed by atoms with Gasteiger partial charge in [0.15, 0.2) is 0 Å². The summed E-state index contributed by atoms with van der Waals surface area (Å²) in [7, 11) is 0. The molecule has 0 aliphatic carbocycles. The minimum atomic E-state index is -0.469. The van der Waals surface area contributed by atoms with Gasteiger partial charge in [0.1, 0.15) is 5.25 Å². The number of carbonyl (C=O) groups is 2. The lowest BCUT2D eigenvalue weighted by Gasteiger charge is -2.16. The second kappa shape index (κ2) is 11.5. The Kier molecular flexibility index (Phi) is 8.16. The predicted octanol–water partition coefficient (Wildman–Crippen LogP) is 6.44. The zero-order chi connectivity index (χ0) is 23.0. The van der Waals surface area contributed by atoms with E-state index in [0.29, 0.717) is 20.9 Å². The normalized spacial score (nSPS) is 11.7. The third-order valence-corrected chi connectivity index (χ3v) is 7.97. The number of rotatable bonds is 9. The van der Waals surface area contributed by atoms with Gasteiger partial charge in [0, 0.05) is 22.1 Å². The molecule has 168 valence electrons. The number of benzene rings is 2. The van der Waals surface area contributed by atoms with Gasteiger partial charge in [0.2, 0.25) is 16.2 Å². The Hall–Kier alpha value is -2.66. The van der Waals surface area contributed by atoms with Crippen molar-refractivity contribution in [1.82, 2.24) is 9.36 Å². The Balaban J connectivity index is 1.47. The number of amides is 2. The van der Waals surface area contributed by atoms with E-state index in [0.717, 1.165) is 16.2 Å². The Morgan fingerprint density at radius 2 is 1.79 bits per heavy atom. The van der Waals surface area contributed by atoms with Gasteiger partial charge in [-0.1, -0.05) is 55.1 Å². The van der Waals surface area contributed by atoms with Crippen molar-refractivity contribution in [3.8, 4) is 0 Å². The van der Waals surface area contributed by atoms with Gasteiger partial charge in [-0.2, -0.15) is 9.36 Å². The number of carbonyl (C=O) groups excluding carboxylic acids is 2. The molecule has 10 heteroatoms. The molecule has 0 aliphatic rings. The van der Waals surface area contributed by atoms with Crippen LogP contribution in [-0.4, -0.2) is 26.9 Å². The molecule has 1 unspecified atom stereocenters. The molecule has 0 aliphatic heterocycles. The summed E-state index contributed by atoms with van der Waals surface area (Å²) in [5, 5.41) is 8.36. The highest BCUT2D eigenvalue weighted by Gasteiger charge is 2.23. The molecule has 0 spiro atoms. The molecule has 1 atom stereocenters. The van der Waals surface area contributed by atoms with Gasteiger partial charge < -0.3 is 5.32 Å². The van der Waals surface area contributed by atoms with Gasteiger partial charge in [0.25, 0.3) is 5.91 Å². The summed E-state index contributed by atoms with van der Waals surface area (Å²) >= 11 is 5.56. The van der Waals surface area contributed by atoms with E-state index >= 15 is 0 Å². The lowest BCUT2D eigenvalue weighted by atomic mass is 10.1. The first-order valence-corrected chi connectivity index (χ1v) is 13.6. The second-order valence-corrected chi connectivity index (χ2v) is 10.8. The fourth-order valence-corrected chi connectivity index (χ4v) is 5.79. The van der Waals surface area contributed by atoms with Crippen molar-refractivity contribution in [3.05, 3.63) is 82.6 Å². The van der Waals surface area contributed by atoms with Crippen molar-refractivity contribution in [3.63, 3.8) is 0 Å². The van der Waals surface area contributed by atoms with E-state index in [2.05, 4.69) is 20.0 Å². The van der Waals surface area contributed by atoms with Crippen LogP contribution in [0.4, 0.5) is 10.8 Å². The molecule has 4 rings (SSSR count). The summed E-state index contributed by atoms with van der Waals surface area (Å²) in [4.78, 5) is 31.4. The highest BCUT2D eigenvalue weighted by atomic mass is 32.2. The predicted molar refractivity (Wildman–Crippen MR) is 139 cm³/mol. The number of thioether (sulfide) groups is 2. The minimum Gasteiger partial charge on any atom is -0.321 e. The molecule has 6 nitrogen and oxygen atoms in total. The quantitative estimate of drug-likeness (QED) is 0.251. The number of thiophene rings is 1. The molecule has 33 heavy (non-hydrogen) atoms. The van der Waals surface area contributed by atoms with Crippen LogP contribution in [0.15, 0.2) is 82.2 Å². The molecule has 0 fully saturated rings. The number of anilines is 2. The summed E-state index contributed by atoms with van der Waals surface area (Å²) in [5.41, 5.74) is 1.59. The third kappa shape index (κ3) is 6.44. The van der Waals surface area contributed by atoms with Crippen LogP contribution in [0.3, 0.4) is 0 Å². The van der Waals surface area contributed by atoms with Crippen LogP contribution >= 0.6 is 46.4 Å². The number of nitrogens with one attached hydrogen (secondary N) is 2. The first kappa shape index (κ1) is 23.5. The number of aromatic nitrogens is 2. The summed E-state index contributed by atoms with van der Waals surface area (Å²) in [6, 6.07) is 20.7. The van der Waals surface area contributed by atoms with E-state index < -0.39 is 5.25 Å². The Morgan fingerprint density at radius 1 is 1.00 bits per heavy atom. The van der Waals surface area contributed by atoms with Gasteiger partial charge in [0.05, 0.1) is 4.88 Å². The monoisotopic (exact) mass is 512 g/mol. The highest BCUT2D eigenvalue weighted by molar-refractivity contribution is 8.00. The number of hydrogen-bond donors (Lipinski definition) is 2. The lowest BCUT2D eigenvalue weighted by Crippen LogP contribution is -2.19. The lowest BCUT2D eigenvalue weighted by molar-refractivity contribution is -0.115. The van der Waals surface area contributed by atoms with Crippen LogP contribution in [0.1, 0.15) is 27.4 Å². The summed E-state index contributed by atoms with van der Waals surface area (Å²) in [5.74, 6) is 0.575. The Bertz CT molecular complexity index is 1190. The zero-order valence-corrected chi connectivity index (χ0v) is 20.8. The van der Waals surface area contributed by atoms with Gasteiger partial charge >= 0.3 is 0 Å². The standard InChI is InChI=1S/C23H20N4O2S4/c1-2-30-23-26-22(33-27-23)25-21(29)19(15-7-4-3-5-8-15)32-17-12-10-16(11-13-17)24-20(28)18-9-6-14-31-18/h3-14,19H,2H2,1H3,(H,24,28)(H,25,26,27,29). The van der Waals surface area contributed by atoms with Crippen molar-refractivity contribution in [1.29, 1.82) is 0 Å². The van der Waals surface area contributed by atoms with E-state index in [4.69, 9.17) is 0 Å². The maximum Gasteiger partial charge on any atom is 0.265 e. The highest BCUT2D eigenvalue weighted by Crippen LogP contribution is 2.37. The third-order valence-electron chi connectivity index (χ3n) is 4.36. The number of nitrogens with zero attached hydrogens (tertiary/aromatic N) is 2. The van der Waals surface area contributed by atoms with Crippen LogP contribution in [0, 0.1) is 0 Å². The van der Waals surface area contributed by atoms with Gasteiger partial charge in [-0.15, -0.1) is 23.1 Å². The zero-order valence-electron chi connectivity index (χ0n) is 17.6. The molecule has 0 saturated carbocycles. The van der Waals surface area contributed by atoms with E-state index in [1.165, 1.54) is 46.4 Å². The van der Waals surface area contributed by atoms with E-state index in [9.17, 15) is 9.59 Å². The SMILES string of the molecule is CCSc1nsc(NC(=O)C(Sc2ccc(NC(=O)c3cccs3)cc2)c2ccccc2)n1. The van der Waals surface area contributed by atoms with E-state index in [-0.39, 0.29) is 11.8 Å². The summed E-state index contributed by atoms with van der Waals surface area (Å²) < 4.78 is 4.27. The van der Waals surface area contributed by atoms with E-state index in [1.54, 1.807) is 6.07 Å². The molecule has 2 heterocycles. The van der Waals surface area contributed by atoms with Crippen molar-refractivity contribution in [2.24, 2.45) is 0 Å². The van der Waals surface area contributed by atoms with Crippen LogP contribution in [-0.2, 0) is 4.79 Å².